The molecule has 0 spiro atoms. The van der Waals surface area contributed by atoms with Crippen molar-refractivity contribution < 1.29 is 5.21 Å². The van der Waals surface area contributed by atoms with Crippen LogP contribution in [0.2, 0.25) is 0 Å². The Morgan fingerprint density at radius 3 is 2.47 bits per heavy atom. The van der Waals surface area contributed by atoms with Crippen LogP contribution in [0.3, 0.4) is 0 Å². The predicted octanol–water partition coefficient (Wildman–Crippen LogP) is 2.27. The summed E-state index contributed by atoms with van der Waals surface area (Å²) >= 11 is 0. The number of benzene rings is 1. The van der Waals surface area contributed by atoms with Crippen molar-refractivity contribution in [3.8, 4) is 11.3 Å². The van der Waals surface area contributed by atoms with E-state index in [1.807, 2.05) is 44.2 Å². The van der Waals surface area contributed by atoms with Crippen LogP contribution in [0.4, 0.5) is 0 Å². The summed E-state index contributed by atoms with van der Waals surface area (Å²) in [6.07, 6.45) is 1.34. The Morgan fingerprint density at radius 2 is 1.88 bits per heavy atom. The Kier molecular flexibility index (Phi) is 2.95. The molecule has 0 atom stereocenters. The van der Waals surface area contributed by atoms with Crippen LogP contribution in [0.5, 0.6) is 0 Å². The van der Waals surface area contributed by atoms with E-state index < -0.39 is 5.56 Å². The Balaban J connectivity index is 2.62. The second-order valence-corrected chi connectivity index (χ2v) is 4.18. The van der Waals surface area contributed by atoms with Gasteiger partial charge >= 0.3 is 5.56 Å². The first kappa shape index (κ1) is 11.4. The van der Waals surface area contributed by atoms with E-state index in [2.05, 4.69) is 4.98 Å². The topological polar surface area (TPSA) is 55.1 Å². The molecule has 0 fully saturated rings. The first-order valence-electron chi connectivity index (χ1n) is 5.48. The Bertz CT molecular complexity index is 574. The number of nitrogens with zero attached hydrogens (tertiary/aromatic N) is 2. The van der Waals surface area contributed by atoms with Crippen LogP contribution in [0.15, 0.2) is 41.3 Å². The summed E-state index contributed by atoms with van der Waals surface area (Å²) in [5.41, 5.74) is 1.38. The largest absolute Gasteiger partial charge is 0.425 e. The van der Waals surface area contributed by atoms with Gasteiger partial charge in [0, 0.05) is 11.5 Å². The van der Waals surface area contributed by atoms with Gasteiger partial charge in [-0.25, -0.2) is 4.98 Å². The zero-order valence-corrected chi connectivity index (χ0v) is 9.79. The van der Waals surface area contributed by atoms with Gasteiger partial charge in [-0.15, -0.1) is 0 Å². The quantitative estimate of drug-likeness (QED) is 0.805. The number of hydrogen-bond donors (Lipinski definition) is 1. The molecule has 0 saturated carbocycles. The summed E-state index contributed by atoms with van der Waals surface area (Å²) in [6.45, 7) is 3.75. The van der Waals surface area contributed by atoms with Gasteiger partial charge < -0.3 is 5.21 Å². The van der Waals surface area contributed by atoms with Gasteiger partial charge in [0.05, 0.1) is 11.9 Å². The van der Waals surface area contributed by atoms with Gasteiger partial charge in [0.25, 0.3) is 0 Å². The third-order valence-corrected chi connectivity index (χ3v) is 2.53. The van der Waals surface area contributed by atoms with Crippen molar-refractivity contribution in [2.45, 2.75) is 19.8 Å². The summed E-state index contributed by atoms with van der Waals surface area (Å²) < 4.78 is 0.602. The van der Waals surface area contributed by atoms with Crippen LogP contribution in [0.25, 0.3) is 11.3 Å². The minimum Gasteiger partial charge on any atom is -0.425 e. The minimum absolute atomic E-state index is 0.0236. The molecule has 0 aliphatic rings. The first-order valence-corrected chi connectivity index (χ1v) is 5.48. The highest BCUT2D eigenvalue weighted by molar-refractivity contribution is 5.57. The second-order valence-electron chi connectivity index (χ2n) is 4.18. The summed E-state index contributed by atoms with van der Waals surface area (Å²) in [7, 11) is 0. The monoisotopic (exact) mass is 230 g/mol. The summed E-state index contributed by atoms with van der Waals surface area (Å²) in [6, 6.07) is 9.45. The Hall–Kier alpha value is -2.10. The van der Waals surface area contributed by atoms with Crippen molar-refractivity contribution in [1.29, 1.82) is 0 Å². The van der Waals surface area contributed by atoms with Gasteiger partial charge in [-0.2, -0.15) is 4.73 Å². The zero-order valence-electron chi connectivity index (χ0n) is 9.79. The van der Waals surface area contributed by atoms with Crippen LogP contribution in [-0.2, 0) is 0 Å². The maximum atomic E-state index is 11.6. The summed E-state index contributed by atoms with van der Waals surface area (Å²) in [5.74, 6) is -0.0236. The number of rotatable bonds is 2. The molecule has 1 N–H and O–H groups in total. The van der Waals surface area contributed by atoms with Crippen LogP contribution < -0.4 is 5.56 Å². The molecule has 4 nitrogen and oxygen atoms in total. The molecule has 1 aromatic heterocycles. The lowest BCUT2D eigenvalue weighted by molar-refractivity contribution is 0.172. The van der Waals surface area contributed by atoms with Crippen LogP contribution in [0.1, 0.15) is 25.5 Å². The molecule has 0 saturated heterocycles. The Morgan fingerprint density at radius 1 is 1.24 bits per heavy atom. The molecular formula is C13H14N2O2. The molecule has 17 heavy (non-hydrogen) atoms. The number of hydrogen-bond acceptors (Lipinski definition) is 3. The van der Waals surface area contributed by atoms with E-state index in [9.17, 15) is 10.0 Å². The second kappa shape index (κ2) is 4.41. The molecule has 2 aromatic rings. The Labute approximate surface area is 99.1 Å². The highest BCUT2D eigenvalue weighted by atomic mass is 16.5. The lowest BCUT2D eigenvalue weighted by Gasteiger charge is -2.08. The molecule has 4 heteroatoms. The molecule has 88 valence electrons. The molecule has 0 amide bonds. The maximum Gasteiger partial charge on any atom is 0.304 e. The van der Waals surface area contributed by atoms with E-state index >= 15 is 0 Å². The highest BCUT2D eigenvalue weighted by Crippen LogP contribution is 2.17. The van der Waals surface area contributed by atoms with E-state index in [1.165, 1.54) is 6.20 Å². The molecule has 0 aliphatic carbocycles. The normalized spacial score (nSPS) is 10.8. The minimum atomic E-state index is -0.459. The predicted molar refractivity (Wildman–Crippen MR) is 65.2 cm³/mol. The standard InChI is InChI=1S/C13H14N2O2/c1-9(2)12-13(16)15(17)8-11(14-12)10-6-4-3-5-7-10/h3-9,17H,1-2H3. The third-order valence-electron chi connectivity index (χ3n) is 2.53. The highest BCUT2D eigenvalue weighted by Gasteiger charge is 2.12. The summed E-state index contributed by atoms with van der Waals surface area (Å²) in [5, 5.41) is 9.56. The molecule has 0 unspecified atom stereocenters. The van der Waals surface area contributed by atoms with E-state index in [-0.39, 0.29) is 5.92 Å². The van der Waals surface area contributed by atoms with Gasteiger partial charge in [0.2, 0.25) is 0 Å². The molecule has 1 heterocycles. The van der Waals surface area contributed by atoms with Gasteiger partial charge in [0.15, 0.2) is 0 Å². The number of aromatic nitrogens is 2. The lowest BCUT2D eigenvalue weighted by atomic mass is 10.1. The van der Waals surface area contributed by atoms with E-state index in [0.717, 1.165) is 5.56 Å². The van der Waals surface area contributed by atoms with Gasteiger partial charge in [-0.3, -0.25) is 4.79 Å². The fraction of sp³-hybridized carbons (Fsp3) is 0.231. The smallest absolute Gasteiger partial charge is 0.304 e. The average molecular weight is 230 g/mol. The average Bonchev–Trinajstić information content (AvgIpc) is 2.33. The molecule has 0 aliphatic heterocycles. The van der Waals surface area contributed by atoms with Crippen molar-refractivity contribution in [3.63, 3.8) is 0 Å². The van der Waals surface area contributed by atoms with Crippen molar-refractivity contribution in [3.05, 3.63) is 52.6 Å². The van der Waals surface area contributed by atoms with Crippen LogP contribution >= 0.6 is 0 Å². The SMILES string of the molecule is CC(C)c1nc(-c2ccccc2)cn(O)c1=O. The fourth-order valence-corrected chi connectivity index (χ4v) is 1.62. The van der Waals surface area contributed by atoms with Gasteiger partial charge in [-0.1, -0.05) is 44.2 Å². The third kappa shape index (κ3) is 2.20. The van der Waals surface area contributed by atoms with Crippen LogP contribution in [-0.4, -0.2) is 14.9 Å². The van der Waals surface area contributed by atoms with Gasteiger partial charge in [-0.05, 0) is 0 Å². The molecular weight excluding hydrogens is 216 g/mol. The molecule has 0 bridgehead atoms. The zero-order chi connectivity index (χ0) is 12.4. The van der Waals surface area contributed by atoms with Crippen molar-refractivity contribution in [1.82, 2.24) is 9.71 Å². The van der Waals surface area contributed by atoms with E-state index in [1.54, 1.807) is 0 Å². The van der Waals surface area contributed by atoms with E-state index in [4.69, 9.17) is 0 Å². The lowest BCUT2D eigenvalue weighted by Crippen LogP contribution is -2.24. The molecule has 1 aromatic carbocycles. The van der Waals surface area contributed by atoms with Gasteiger partial charge in [0.1, 0.15) is 5.69 Å². The summed E-state index contributed by atoms with van der Waals surface area (Å²) in [4.78, 5) is 16.0. The van der Waals surface area contributed by atoms with Crippen LogP contribution in [0, 0.1) is 0 Å². The first-order chi connectivity index (χ1) is 8.09. The van der Waals surface area contributed by atoms with E-state index in [0.29, 0.717) is 16.1 Å². The van der Waals surface area contributed by atoms with Crippen molar-refractivity contribution in [2.75, 3.05) is 0 Å². The van der Waals surface area contributed by atoms with Crippen molar-refractivity contribution in [2.24, 2.45) is 0 Å². The molecule has 2 rings (SSSR count). The molecule has 0 radical (unpaired) electrons. The fourth-order valence-electron chi connectivity index (χ4n) is 1.62. The van der Waals surface area contributed by atoms with Crippen molar-refractivity contribution >= 4 is 0 Å². The maximum absolute atomic E-state index is 11.6.